The van der Waals surface area contributed by atoms with Crippen LogP contribution in [0.4, 0.5) is 5.82 Å². The summed E-state index contributed by atoms with van der Waals surface area (Å²) in [4.78, 5) is 16.6. The number of carboxylic acids is 1. The predicted molar refractivity (Wildman–Crippen MR) is 59.2 cm³/mol. The van der Waals surface area contributed by atoms with Crippen LogP contribution in [0.5, 0.6) is 0 Å². The van der Waals surface area contributed by atoms with Crippen molar-refractivity contribution >= 4 is 11.8 Å². The number of hydrogen-bond donors (Lipinski definition) is 1. The lowest BCUT2D eigenvalue weighted by molar-refractivity contribution is 0.0697. The van der Waals surface area contributed by atoms with E-state index >= 15 is 0 Å². The second-order valence-electron chi connectivity index (χ2n) is 3.62. The Morgan fingerprint density at radius 3 is 3.00 bits per heavy atom. The summed E-state index contributed by atoms with van der Waals surface area (Å²) in [6.45, 7) is 2.32. The molecule has 0 aliphatic carbocycles. The molecule has 1 rings (SSSR count). The SMILES string of the molecule is CC(C#N)CN(C)c1cc(C(=O)O)ccn1. The number of aromatic nitrogens is 1. The third kappa shape index (κ3) is 2.95. The van der Waals surface area contributed by atoms with Crippen LogP contribution in [0.3, 0.4) is 0 Å². The van der Waals surface area contributed by atoms with Crippen molar-refractivity contribution in [3.8, 4) is 6.07 Å². The van der Waals surface area contributed by atoms with Crippen LogP contribution >= 0.6 is 0 Å². The number of carbonyl (C=O) groups is 1. The number of nitriles is 1. The van der Waals surface area contributed by atoms with Gasteiger partial charge in [-0.2, -0.15) is 5.26 Å². The fraction of sp³-hybridized carbons (Fsp3) is 0.364. The molecule has 1 heterocycles. The lowest BCUT2D eigenvalue weighted by Gasteiger charge is -2.19. The smallest absolute Gasteiger partial charge is 0.335 e. The van der Waals surface area contributed by atoms with E-state index < -0.39 is 5.97 Å². The van der Waals surface area contributed by atoms with Gasteiger partial charge in [0, 0.05) is 19.8 Å². The van der Waals surface area contributed by atoms with Crippen molar-refractivity contribution in [2.45, 2.75) is 6.92 Å². The molecule has 0 amide bonds. The summed E-state index contributed by atoms with van der Waals surface area (Å²) in [7, 11) is 1.78. The molecule has 0 aliphatic heterocycles. The predicted octanol–water partition coefficient (Wildman–Crippen LogP) is 1.38. The van der Waals surface area contributed by atoms with Crippen molar-refractivity contribution in [3.63, 3.8) is 0 Å². The Labute approximate surface area is 93.9 Å². The highest BCUT2D eigenvalue weighted by Crippen LogP contribution is 2.12. The first kappa shape index (κ1) is 12.0. The van der Waals surface area contributed by atoms with E-state index in [2.05, 4.69) is 11.1 Å². The average Bonchev–Trinajstić information content (AvgIpc) is 2.28. The molecule has 0 saturated heterocycles. The van der Waals surface area contributed by atoms with Gasteiger partial charge in [-0.25, -0.2) is 9.78 Å². The molecule has 1 N–H and O–H groups in total. The van der Waals surface area contributed by atoms with Crippen molar-refractivity contribution < 1.29 is 9.90 Å². The molecule has 1 atom stereocenters. The normalized spacial score (nSPS) is 11.6. The monoisotopic (exact) mass is 219 g/mol. The zero-order chi connectivity index (χ0) is 12.1. The van der Waals surface area contributed by atoms with Gasteiger partial charge in [0.15, 0.2) is 0 Å². The minimum atomic E-state index is -0.981. The van der Waals surface area contributed by atoms with E-state index in [0.717, 1.165) is 0 Å². The average molecular weight is 219 g/mol. The van der Waals surface area contributed by atoms with Gasteiger partial charge in [-0.05, 0) is 19.1 Å². The van der Waals surface area contributed by atoms with E-state index in [9.17, 15) is 4.79 Å². The Hall–Kier alpha value is -2.09. The summed E-state index contributed by atoms with van der Waals surface area (Å²) >= 11 is 0. The van der Waals surface area contributed by atoms with E-state index in [0.29, 0.717) is 12.4 Å². The van der Waals surface area contributed by atoms with Crippen LogP contribution in [0, 0.1) is 17.2 Å². The first-order valence-electron chi connectivity index (χ1n) is 4.84. The lowest BCUT2D eigenvalue weighted by atomic mass is 10.2. The number of nitrogens with zero attached hydrogens (tertiary/aromatic N) is 3. The van der Waals surface area contributed by atoms with Crippen LogP contribution in [0.2, 0.25) is 0 Å². The molecular weight excluding hydrogens is 206 g/mol. The summed E-state index contributed by atoms with van der Waals surface area (Å²) in [6, 6.07) is 5.05. The second kappa shape index (κ2) is 5.12. The van der Waals surface area contributed by atoms with E-state index in [-0.39, 0.29) is 11.5 Å². The van der Waals surface area contributed by atoms with Crippen molar-refractivity contribution in [3.05, 3.63) is 23.9 Å². The van der Waals surface area contributed by atoms with Crippen LogP contribution < -0.4 is 4.90 Å². The van der Waals surface area contributed by atoms with Crippen LogP contribution in [-0.4, -0.2) is 29.7 Å². The van der Waals surface area contributed by atoms with Gasteiger partial charge in [0.1, 0.15) is 5.82 Å². The minimum Gasteiger partial charge on any atom is -0.478 e. The Morgan fingerprint density at radius 1 is 1.75 bits per heavy atom. The van der Waals surface area contributed by atoms with Gasteiger partial charge < -0.3 is 10.0 Å². The summed E-state index contributed by atoms with van der Waals surface area (Å²) in [5, 5.41) is 17.5. The molecule has 5 nitrogen and oxygen atoms in total. The van der Waals surface area contributed by atoms with Gasteiger partial charge >= 0.3 is 5.97 Å². The van der Waals surface area contributed by atoms with E-state index in [1.54, 1.807) is 18.9 Å². The molecule has 1 aromatic heterocycles. The Kier molecular flexibility index (Phi) is 3.84. The number of hydrogen-bond acceptors (Lipinski definition) is 4. The Bertz CT molecular complexity index is 425. The second-order valence-corrected chi connectivity index (χ2v) is 3.62. The highest BCUT2D eigenvalue weighted by Gasteiger charge is 2.10. The van der Waals surface area contributed by atoms with Gasteiger partial charge in [-0.15, -0.1) is 0 Å². The highest BCUT2D eigenvalue weighted by atomic mass is 16.4. The van der Waals surface area contributed by atoms with Crippen LogP contribution in [0.15, 0.2) is 18.3 Å². The molecule has 84 valence electrons. The fourth-order valence-electron chi connectivity index (χ4n) is 1.31. The zero-order valence-corrected chi connectivity index (χ0v) is 9.21. The number of pyridine rings is 1. The molecule has 0 spiro atoms. The molecule has 0 radical (unpaired) electrons. The van der Waals surface area contributed by atoms with Crippen molar-refractivity contribution in [1.82, 2.24) is 4.98 Å². The van der Waals surface area contributed by atoms with E-state index in [1.807, 2.05) is 0 Å². The van der Waals surface area contributed by atoms with Crippen LogP contribution in [0.1, 0.15) is 17.3 Å². The Balaban J connectivity index is 2.84. The summed E-state index contributed by atoms with van der Waals surface area (Å²) in [5.41, 5.74) is 0.196. The molecule has 0 bridgehead atoms. The van der Waals surface area contributed by atoms with Crippen molar-refractivity contribution in [2.75, 3.05) is 18.5 Å². The molecule has 16 heavy (non-hydrogen) atoms. The van der Waals surface area contributed by atoms with Crippen LogP contribution in [0.25, 0.3) is 0 Å². The maximum Gasteiger partial charge on any atom is 0.335 e. The topological polar surface area (TPSA) is 77.2 Å². The largest absolute Gasteiger partial charge is 0.478 e. The van der Waals surface area contributed by atoms with Gasteiger partial charge in [-0.3, -0.25) is 0 Å². The van der Waals surface area contributed by atoms with Crippen molar-refractivity contribution in [2.24, 2.45) is 5.92 Å². The van der Waals surface area contributed by atoms with Gasteiger partial charge in [-0.1, -0.05) is 0 Å². The number of carboxylic acid groups (broad SMARTS) is 1. The highest BCUT2D eigenvalue weighted by molar-refractivity contribution is 5.88. The molecule has 1 aromatic rings. The third-order valence-electron chi connectivity index (χ3n) is 2.15. The van der Waals surface area contributed by atoms with E-state index in [4.69, 9.17) is 10.4 Å². The lowest BCUT2D eigenvalue weighted by Crippen LogP contribution is -2.24. The molecule has 0 aromatic carbocycles. The van der Waals surface area contributed by atoms with Gasteiger partial charge in [0.05, 0.1) is 17.6 Å². The van der Waals surface area contributed by atoms with Gasteiger partial charge in [0.2, 0.25) is 0 Å². The molecular formula is C11H13N3O2. The first-order chi connectivity index (χ1) is 7.54. The summed E-state index contributed by atoms with van der Waals surface area (Å²) in [6.07, 6.45) is 1.45. The van der Waals surface area contributed by atoms with Crippen LogP contribution in [-0.2, 0) is 0 Å². The number of aromatic carboxylic acids is 1. The Morgan fingerprint density at radius 2 is 2.44 bits per heavy atom. The zero-order valence-electron chi connectivity index (χ0n) is 9.21. The minimum absolute atomic E-state index is 0.125. The number of anilines is 1. The maximum atomic E-state index is 10.8. The molecule has 1 unspecified atom stereocenters. The first-order valence-corrected chi connectivity index (χ1v) is 4.84. The molecule has 0 aliphatic rings. The quantitative estimate of drug-likeness (QED) is 0.827. The van der Waals surface area contributed by atoms with E-state index in [1.165, 1.54) is 18.3 Å². The number of rotatable bonds is 4. The summed E-state index contributed by atoms with van der Waals surface area (Å²) < 4.78 is 0. The molecule has 5 heteroatoms. The fourth-order valence-corrected chi connectivity index (χ4v) is 1.31. The molecule has 0 fully saturated rings. The maximum absolute atomic E-state index is 10.8. The standard InChI is InChI=1S/C11H13N3O2/c1-8(6-12)7-14(2)10-5-9(11(15)16)3-4-13-10/h3-5,8H,7H2,1-2H3,(H,15,16). The van der Waals surface area contributed by atoms with Crippen molar-refractivity contribution in [1.29, 1.82) is 5.26 Å². The van der Waals surface area contributed by atoms with Gasteiger partial charge in [0.25, 0.3) is 0 Å². The summed E-state index contributed by atoms with van der Waals surface area (Å²) in [5.74, 6) is -0.548. The molecule has 0 saturated carbocycles. The third-order valence-corrected chi connectivity index (χ3v) is 2.15.